The number of nitrogens with zero attached hydrogens (tertiary/aromatic N) is 1. The fourth-order valence-corrected chi connectivity index (χ4v) is 3.05. The Morgan fingerprint density at radius 2 is 2.20 bits per heavy atom. The van der Waals surface area contributed by atoms with E-state index in [9.17, 15) is 13.2 Å². The van der Waals surface area contributed by atoms with Gasteiger partial charge in [-0.05, 0) is 31.4 Å². The maximum Gasteiger partial charge on any atom is 0.303 e. The third-order valence-electron chi connectivity index (χ3n) is 3.16. The zero-order valence-electron chi connectivity index (χ0n) is 11.6. The first-order valence-electron chi connectivity index (χ1n) is 6.27. The largest absolute Gasteiger partial charge is 0.481 e. The highest BCUT2D eigenvalue weighted by Crippen LogP contribution is 2.32. The minimum atomic E-state index is -2.79. The van der Waals surface area contributed by atoms with Crippen molar-refractivity contribution in [3.8, 4) is 0 Å². The number of thiol groups is 1. The number of carboxylic acid groups (broad SMARTS) is 1. The molecule has 0 aliphatic carbocycles. The van der Waals surface area contributed by atoms with Gasteiger partial charge in [0.2, 0.25) is 10.9 Å². The van der Waals surface area contributed by atoms with Gasteiger partial charge in [0.15, 0.2) is 0 Å². The molecule has 1 heterocycles. The molecule has 0 radical (unpaired) electrons. The van der Waals surface area contributed by atoms with Crippen LogP contribution in [0.4, 0.5) is 0 Å². The van der Waals surface area contributed by atoms with Gasteiger partial charge in [-0.2, -0.15) is 0 Å². The fourth-order valence-electron chi connectivity index (χ4n) is 2.21. The molecule has 0 saturated heterocycles. The number of allylic oxidation sites excluding steroid dienone is 4. The molecule has 110 valence electrons. The van der Waals surface area contributed by atoms with Crippen molar-refractivity contribution in [1.82, 2.24) is 4.31 Å². The molecule has 0 fully saturated rings. The summed E-state index contributed by atoms with van der Waals surface area (Å²) in [6.07, 6.45) is 7.17. The van der Waals surface area contributed by atoms with Crippen molar-refractivity contribution >= 4 is 16.9 Å². The highest BCUT2D eigenvalue weighted by atomic mass is 32.2. The molecule has 0 amide bonds. The minimum absolute atomic E-state index is 0.0216. The minimum Gasteiger partial charge on any atom is -0.481 e. The molecule has 1 aliphatic rings. The van der Waals surface area contributed by atoms with Crippen molar-refractivity contribution in [3.63, 3.8) is 0 Å². The number of hydrogen-bond acceptors (Lipinski definition) is 3. The molecule has 1 aliphatic heterocycles. The summed E-state index contributed by atoms with van der Waals surface area (Å²) in [6, 6.07) is -0.372. The lowest BCUT2D eigenvalue weighted by molar-refractivity contribution is -0.136. The standard InChI is InChI=1S/C14H19NO4S/c1-4-6-12-9-11(7-8-14(16)17)10(3)15(20(18)19)13(12)5-2/h4-6,9-10,20H,1,7-8H2,2-3H3,(H,16,17)/b12-6-,13-5+/t10-/m1/s1. The summed E-state index contributed by atoms with van der Waals surface area (Å²) in [4.78, 5) is 10.7. The smallest absolute Gasteiger partial charge is 0.303 e. The average molecular weight is 297 g/mol. The molecule has 5 nitrogen and oxygen atoms in total. The number of carbonyl (C=O) groups is 1. The molecule has 0 spiro atoms. The van der Waals surface area contributed by atoms with E-state index >= 15 is 0 Å². The summed E-state index contributed by atoms with van der Waals surface area (Å²) in [5.41, 5.74) is 2.10. The van der Waals surface area contributed by atoms with Crippen molar-refractivity contribution in [2.75, 3.05) is 0 Å². The summed E-state index contributed by atoms with van der Waals surface area (Å²) < 4.78 is 24.3. The lowest BCUT2D eigenvalue weighted by atomic mass is 9.94. The summed E-state index contributed by atoms with van der Waals surface area (Å²) in [5, 5.41) is 8.77. The van der Waals surface area contributed by atoms with Crippen LogP contribution >= 0.6 is 0 Å². The van der Waals surface area contributed by atoms with Gasteiger partial charge < -0.3 is 5.11 Å². The lowest BCUT2D eigenvalue weighted by Gasteiger charge is -2.34. The van der Waals surface area contributed by atoms with Crippen molar-refractivity contribution < 1.29 is 18.3 Å². The molecule has 1 atom stereocenters. The molecule has 1 rings (SSSR count). The maximum atomic E-state index is 11.5. The van der Waals surface area contributed by atoms with E-state index < -0.39 is 16.9 Å². The lowest BCUT2D eigenvalue weighted by Crippen LogP contribution is -2.36. The van der Waals surface area contributed by atoms with Gasteiger partial charge in [0.1, 0.15) is 0 Å². The first-order chi connectivity index (χ1) is 9.42. The van der Waals surface area contributed by atoms with E-state index in [0.29, 0.717) is 12.1 Å². The molecular weight excluding hydrogens is 278 g/mol. The van der Waals surface area contributed by atoms with Gasteiger partial charge in [-0.15, -0.1) is 0 Å². The van der Waals surface area contributed by atoms with Crippen LogP contribution < -0.4 is 0 Å². The molecular formula is C14H19NO4S. The molecule has 0 aromatic heterocycles. The van der Waals surface area contributed by atoms with Crippen LogP contribution in [0, 0.1) is 0 Å². The Bertz CT molecular complexity index is 562. The van der Waals surface area contributed by atoms with Crippen LogP contribution in [0.1, 0.15) is 26.7 Å². The van der Waals surface area contributed by atoms with Gasteiger partial charge in [0, 0.05) is 6.42 Å². The maximum absolute atomic E-state index is 11.5. The molecule has 0 aromatic carbocycles. The molecule has 0 aromatic rings. The van der Waals surface area contributed by atoms with Crippen LogP contribution in [0.3, 0.4) is 0 Å². The van der Waals surface area contributed by atoms with Gasteiger partial charge in [0.25, 0.3) is 0 Å². The predicted octanol–water partition coefficient (Wildman–Crippen LogP) is 2.02. The van der Waals surface area contributed by atoms with E-state index in [-0.39, 0.29) is 12.5 Å². The van der Waals surface area contributed by atoms with Crippen molar-refractivity contribution in [3.05, 3.63) is 47.7 Å². The third kappa shape index (κ3) is 3.60. The molecule has 0 bridgehead atoms. The zero-order valence-corrected chi connectivity index (χ0v) is 12.5. The summed E-state index contributed by atoms with van der Waals surface area (Å²) in [7, 11) is -2.79. The molecule has 6 heteroatoms. The quantitative estimate of drug-likeness (QED) is 0.761. The first kappa shape index (κ1) is 16.2. The van der Waals surface area contributed by atoms with Crippen LogP contribution in [0.25, 0.3) is 0 Å². The Labute approximate surface area is 120 Å². The van der Waals surface area contributed by atoms with Gasteiger partial charge >= 0.3 is 5.97 Å². The third-order valence-corrected chi connectivity index (χ3v) is 4.08. The van der Waals surface area contributed by atoms with E-state index in [2.05, 4.69) is 6.58 Å². The second-order valence-electron chi connectivity index (χ2n) is 4.40. The molecule has 0 unspecified atom stereocenters. The highest BCUT2D eigenvalue weighted by molar-refractivity contribution is 7.70. The van der Waals surface area contributed by atoms with Crippen molar-refractivity contribution in [2.24, 2.45) is 0 Å². The van der Waals surface area contributed by atoms with E-state index in [1.54, 1.807) is 32.1 Å². The van der Waals surface area contributed by atoms with E-state index in [1.165, 1.54) is 4.31 Å². The molecule has 20 heavy (non-hydrogen) atoms. The Morgan fingerprint density at radius 3 is 2.65 bits per heavy atom. The van der Waals surface area contributed by atoms with Crippen LogP contribution in [-0.4, -0.2) is 29.8 Å². The van der Waals surface area contributed by atoms with Crippen LogP contribution in [-0.2, 0) is 15.7 Å². The Hall–Kier alpha value is -1.82. The summed E-state index contributed by atoms with van der Waals surface area (Å²) in [6.45, 7) is 7.14. The normalized spacial score (nSPS) is 23.2. The average Bonchev–Trinajstić information content (AvgIpc) is 2.37. The number of hydrogen-bond donors (Lipinski definition) is 2. The molecule has 0 saturated carbocycles. The second kappa shape index (κ2) is 7.09. The SMILES string of the molecule is C=C/C=C1/C=C(CCC(=O)O)[C@@H](C)N([SH](=O)=O)/C1=C/C. The Kier molecular flexibility index (Phi) is 5.76. The number of rotatable bonds is 5. The van der Waals surface area contributed by atoms with Gasteiger partial charge in [-0.25, -0.2) is 8.42 Å². The monoisotopic (exact) mass is 297 g/mol. The van der Waals surface area contributed by atoms with E-state index in [0.717, 1.165) is 11.1 Å². The predicted molar refractivity (Wildman–Crippen MR) is 78.6 cm³/mol. The Morgan fingerprint density at radius 1 is 1.55 bits per heavy atom. The van der Waals surface area contributed by atoms with Crippen molar-refractivity contribution in [2.45, 2.75) is 32.7 Å². The van der Waals surface area contributed by atoms with Gasteiger partial charge in [-0.1, -0.05) is 30.9 Å². The van der Waals surface area contributed by atoms with Crippen LogP contribution in [0.15, 0.2) is 47.7 Å². The summed E-state index contributed by atoms with van der Waals surface area (Å²) >= 11 is 0. The summed E-state index contributed by atoms with van der Waals surface area (Å²) in [5.74, 6) is -0.901. The number of carboxylic acids is 1. The zero-order chi connectivity index (χ0) is 15.3. The second-order valence-corrected chi connectivity index (χ2v) is 5.31. The molecule has 1 N–H and O–H groups in total. The van der Waals surface area contributed by atoms with E-state index in [1.807, 2.05) is 6.08 Å². The topological polar surface area (TPSA) is 74.7 Å². The van der Waals surface area contributed by atoms with Gasteiger partial charge in [0.05, 0.1) is 11.7 Å². The Balaban J connectivity index is 3.27. The first-order valence-corrected chi connectivity index (χ1v) is 7.40. The van der Waals surface area contributed by atoms with Crippen molar-refractivity contribution in [1.29, 1.82) is 0 Å². The van der Waals surface area contributed by atoms with Gasteiger partial charge in [-0.3, -0.25) is 9.10 Å². The van der Waals surface area contributed by atoms with Crippen LogP contribution in [0.2, 0.25) is 0 Å². The van der Waals surface area contributed by atoms with Crippen LogP contribution in [0.5, 0.6) is 0 Å². The van der Waals surface area contributed by atoms with E-state index in [4.69, 9.17) is 5.11 Å². The number of aliphatic carboxylic acids is 1. The fraction of sp³-hybridized carbons (Fsp3) is 0.357. The highest BCUT2D eigenvalue weighted by Gasteiger charge is 2.28.